The zero-order valence-electron chi connectivity index (χ0n) is 14.4. The van der Waals surface area contributed by atoms with Crippen molar-refractivity contribution in [1.29, 1.82) is 5.26 Å². The summed E-state index contributed by atoms with van der Waals surface area (Å²) in [7, 11) is -9.31. The lowest BCUT2D eigenvalue weighted by Gasteiger charge is -2.08. The Morgan fingerprint density at radius 1 is 1.00 bits per heavy atom. The van der Waals surface area contributed by atoms with Crippen molar-refractivity contribution in [3.8, 4) is 6.07 Å². The first kappa shape index (κ1) is 22.5. The molecule has 12 heteroatoms. The van der Waals surface area contributed by atoms with Gasteiger partial charge in [0, 0.05) is 10.7 Å². The highest BCUT2D eigenvalue weighted by Crippen LogP contribution is 2.26. The number of carbonyl (C=O) groups excluding carboxylic acids is 1. The lowest BCUT2D eigenvalue weighted by atomic mass is 10.1. The summed E-state index contributed by atoms with van der Waals surface area (Å²) in [5.41, 5.74) is 0.0201. The summed E-state index contributed by atoms with van der Waals surface area (Å²) < 4.78 is 65.2. The Bertz CT molecular complexity index is 1250. The maximum absolute atomic E-state index is 11.7. The van der Waals surface area contributed by atoms with E-state index in [1.54, 1.807) is 6.07 Å². The predicted molar refractivity (Wildman–Crippen MR) is 105 cm³/mol. The third kappa shape index (κ3) is 6.11. The van der Waals surface area contributed by atoms with Crippen molar-refractivity contribution in [2.24, 2.45) is 0 Å². The number of anilines is 1. The molecular weight excluding hydrogens is 444 g/mol. The van der Waals surface area contributed by atoms with Gasteiger partial charge in [-0.3, -0.25) is 13.9 Å². The van der Waals surface area contributed by atoms with Crippen LogP contribution in [-0.4, -0.2) is 31.8 Å². The molecule has 2 rings (SSSR count). The maximum atomic E-state index is 11.7. The summed E-state index contributed by atoms with van der Waals surface area (Å²) in [6.45, 7) is 0. The van der Waals surface area contributed by atoms with Gasteiger partial charge in [0.15, 0.2) is 0 Å². The molecule has 0 atom stereocenters. The molecule has 9 nitrogen and oxygen atoms in total. The third-order valence-corrected chi connectivity index (χ3v) is 5.56. The molecule has 3 N–H and O–H groups in total. The van der Waals surface area contributed by atoms with Crippen LogP contribution in [0.4, 0.5) is 5.69 Å². The molecule has 0 saturated carbocycles. The molecule has 0 saturated heterocycles. The Morgan fingerprint density at radius 3 is 2.03 bits per heavy atom. The molecule has 0 bridgehead atoms. The minimum Gasteiger partial charge on any atom is -0.325 e. The molecule has 0 spiro atoms. The van der Waals surface area contributed by atoms with Crippen molar-refractivity contribution in [2.45, 2.75) is 16.2 Å². The van der Waals surface area contributed by atoms with Crippen LogP contribution in [0.1, 0.15) is 17.5 Å². The largest absolute Gasteiger partial charge is 0.325 e. The van der Waals surface area contributed by atoms with Gasteiger partial charge in [-0.05, 0) is 35.4 Å². The average molecular weight is 457 g/mol. The molecule has 0 aliphatic heterocycles. The number of carbonyl (C=O) groups is 1. The van der Waals surface area contributed by atoms with Crippen LogP contribution in [0.2, 0.25) is 5.02 Å². The molecule has 1 amide bonds. The fraction of sp³-hybridized carbons (Fsp3) is 0.0588. The van der Waals surface area contributed by atoms with Crippen LogP contribution in [0.3, 0.4) is 0 Å². The summed E-state index contributed by atoms with van der Waals surface area (Å²) in [6, 6.07) is 8.89. The number of rotatable bonds is 6. The van der Waals surface area contributed by atoms with Crippen LogP contribution in [0.25, 0.3) is 12.2 Å². The summed E-state index contributed by atoms with van der Waals surface area (Å²) in [4.78, 5) is 10.4. The molecule has 152 valence electrons. The van der Waals surface area contributed by atoms with Crippen molar-refractivity contribution in [1.82, 2.24) is 0 Å². The van der Waals surface area contributed by atoms with E-state index < -0.39 is 42.4 Å². The normalized spacial score (nSPS) is 11.9. The summed E-state index contributed by atoms with van der Waals surface area (Å²) >= 11 is 5.74. The van der Waals surface area contributed by atoms with Gasteiger partial charge in [-0.15, -0.1) is 0 Å². The molecule has 0 fully saturated rings. The Hall–Kier alpha value is -2.75. The lowest BCUT2D eigenvalue weighted by Crippen LogP contribution is -2.11. The maximum Gasteiger partial charge on any atom is 0.295 e. The van der Waals surface area contributed by atoms with Gasteiger partial charge in [-0.25, -0.2) is 0 Å². The zero-order chi connectivity index (χ0) is 21.8. The Kier molecular flexibility index (Phi) is 6.78. The molecular formula is C17H13ClN2O7S2. The van der Waals surface area contributed by atoms with E-state index in [0.29, 0.717) is 0 Å². The van der Waals surface area contributed by atoms with Gasteiger partial charge in [0.1, 0.15) is 16.2 Å². The first-order valence-corrected chi connectivity index (χ1v) is 10.9. The molecule has 0 aromatic heterocycles. The molecule has 0 heterocycles. The Balaban J connectivity index is 2.51. The van der Waals surface area contributed by atoms with E-state index in [-0.39, 0.29) is 21.8 Å². The lowest BCUT2D eigenvalue weighted by molar-refractivity contribution is -0.115. The smallest absolute Gasteiger partial charge is 0.295 e. The fourth-order valence-corrected chi connectivity index (χ4v) is 3.96. The van der Waals surface area contributed by atoms with E-state index in [4.69, 9.17) is 16.9 Å². The van der Waals surface area contributed by atoms with Crippen LogP contribution < -0.4 is 5.32 Å². The van der Waals surface area contributed by atoms with Gasteiger partial charge in [0.25, 0.3) is 20.2 Å². The number of halogens is 1. The molecule has 0 unspecified atom stereocenters. The second-order valence-electron chi connectivity index (χ2n) is 5.60. The molecule has 0 radical (unpaired) electrons. The molecule has 0 aliphatic rings. The Labute approximate surface area is 171 Å². The van der Waals surface area contributed by atoms with E-state index in [1.807, 2.05) is 0 Å². The third-order valence-electron chi connectivity index (χ3n) is 3.51. The minimum atomic E-state index is -4.71. The number of nitrogens with zero attached hydrogens (tertiary/aromatic N) is 1. The number of nitriles is 1. The van der Waals surface area contributed by atoms with Crippen LogP contribution in [0.5, 0.6) is 0 Å². The first-order chi connectivity index (χ1) is 13.4. The van der Waals surface area contributed by atoms with E-state index >= 15 is 0 Å². The van der Waals surface area contributed by atoms with Gasteiger partial charge in [-0.1, -0.05) is 35.9 Å². The van der Waals surface area contributed by atoms with E-state index in [9.17, 15) is 30.7 Å². The molecule has 0 aliphatic carbocycles. The minimum absolute atomic E-state index is 0.0181. The average Bonchev–Trinajstić information content (AvgIpc) is 2.60. The summed E-state index contributed by atoms with van der Waals surface area (Å²) in [5.74, 6) is -0.670. The van der Waals surface area contributed by atoms with Gasteiger partial charge in [0.2, 0.25) is 5.91 Å². The summed E-state index contributed by atoms with van der Waals surface area (Å²) in [6.07, 6.45) is 1.96. The van der Waals surface area contributed by atoms with Crippen LogP contribution in [0.15, 0.2) is 46.2 Å². The second kappa shape index (κ2) is 8.73. The van der Waals surface area contributed by atoms with Gasteiger partial charge in [-0.2, -0.15) is 22.1 Å². The number of nitrogens with one attached hydrogen (secondary N) is 1. The van der Waals surface area contributed by atoms with Crippen molar-refractivity contribution in [3.63, 3.8) is 0 Å². The molecule has 2 aromatic rings. The highest BCUT2D eigenvalue weighted by atomic mass is 35.5. The number of hydrogen-bond donors (Lipinski definition) is 3. The second-order valence-corrected chi connectivity index (χ2v) is 8.82. The topological polar surface area (TPSA) is 162 Å². The van der Waals surface area contributed by atoms with Crippen LogP contribution in [-0.2, 0) is 25.0 Å². The predicted octanol–water partition coefficient (Wildman–Crippen LogP) is 2.86. The van der Waals surface area contributed by atoms with Gasteiger partial charge < -0.3 is 5.32 Å². The summed E-state index contributed by atoms with van der Waals surface area (Å²) in [5, 5.41) is 10.9. The van der Waals surface area contributed by atoms with Crippen molar-refractivity contribution in [2.75, 3.05) is 5.32 Å². The van der Waals surface area contributed by atoms with Gasteiger partial charge in [0.05, 0.1) is 6.07 Å². The highest BCUT2D eigenvalue weighted by molar-refractivity contribution is 7.86. The van der Waals surface area contributed by atoms with Crippen molar-refractivity contribution in [3.05, 3.63) is 52.5 Å². The zero-order valence-corrected chi connectivity index (χ0v) is 16.8. The quantitative estimate of drug-likeness (QED) is 0.441. The van der Waals surface area contributed by atoms with E-state index in [2.05, 4.69) is 5.32 Å². The SMILES string of the molecule is N#CCC(=O)Nc1ccc(C=Cc2ccc(Cl)cc2S(=O)(=O)O)c(S(=O)(=O)O)c1. The van der Waals surface area contributed by atoms with E-state index in [0.717, 1.165) is 12.1 Å². The number of benzene rings is 2. The number of amides is 1. The fourth-order valence-electron chi connectivity index (χ4n) is 2.30. The molecule has 2 aromatic carbocycles. The monoisotopic (exact) mass is 456 g/mol. The Morgan fingerprint density at radius 2 is 1.52 bits per heavy atom. The standard InChI is InChI=1S/C17H13ClN2O7S2/c18-13-5-3-11(15(9-13)28(22,23)24)1-2-12-4-6-14(20-17(21)7-8-19)10-16(12)29(25,26)27/h1-6,9-10H,7H2,(H,20,21)(H,22,23,24)(H,25,26,27). The van der Waals surface area contributed by atoms with E-state index in [1.165, 1.54) is 36.4 Å². The van der Waals surface area contributed by atoms with Crippen molar-refractivity contribution < 1.29 is 30.7 Å². The highest BCUT2D eigenvalue weighted by Gasteiger charge is 2.17. The van der Waals surface area contributed by atoms with Gasteiger partial charge >= 0.3 is 0 Å². The van der Waals surface area contributed by atoms with Crippen LogP contribution in [0, 0.1) is 11.3 Å². The van der Waals surface area contributed by atoms with Crippen LogP contribution >= 0.6 is 11.6 Å². The number of hydrogen-bond acceptors (Lipinski definition) is 6. The molecule has 29 heavy (non-hydrogen) atoms. The van der Waals surface area contributed by atoms with Crippen molar-refractivity contribution >= 4 is 55.6 Å². The first-order valence-electron chi connectivity index (χ1n) is 7.65.